The highest BCUT2D eigenvalue weighted by Gasteiger charge is 2.21. The number of nitrogens with two attached hydrogens (primary N) is 1. The number of benzene rings is 1. The van der Waals surface area contributed by atoms with Crippen LogP contribution in [0.1, 0.15) is 32.6 Å². The van der Waals surface area contributed by atoms with Crippen LogP contribution in [0.4, 0.5) is 11.4 Å². The molecule has 2 unspecified atom stereocenters. The van der Waals surface area contributed by atoms with Crippen molar-refractivity contribution in [2.75, 3.05) is 11.1 Å². The summed E-state index contributed by atoms with van der Waals surface area (Å²) < 4.78 is 0. The largest absolute Gasteiger partial charge is 0.399 e. The van der Waals surface area contributed by atoms with Gasteiger partial charge in [-0.25, -0.2) is 0 Å². The molecule has 1 fully saturated rings. The highest BCUT2D eigenvalue weighted by atomic mass is 35.5. The van der Waals surface area contributed by atoms with Gasteiger partial charge >= 0.3 is 0 Å². The monoisotopic (exact) mass is 238 g/mol. The number of hydrogen-bond acceptors (Lipinski definition) is 2. The Bertz CT molecular complexity index is 365. The van der Waals surface area contributed by atoms with Crippen molar-refractivity contribution >= 4 is 23.0 Å². The van der Waals surface area contributed by atoms with Gasteiger partial charge in [-0.3, -0.25) is 0 Å². The van der Waals surface area contributed by atoms with Crippen LogP contribution >= 0.6 is 11.6 Å². The molecule has 2 atom stereocenters. The van der Waals surface area contributed by atoms with Gasteiger partial charge in [-0.15, -0.1) is 0 Å². The van der Waals surface area contributed by atoms with E-state index in [4.69, 9.17) is 17.3 Å². The van der Waals surface area contributed by atoms with Gasteiger partial charge in [-0.05, 0) is 37.0 Å². The molecule has 3 heteroatoms. The number of halogens is 1. The molecular weight excluding hydrogens is 220 g/mol. The van der Waals surface area contributed by atoms with Crippen LogP contribution in [-0.4, -0.2) is 6.04 Å². The van der Waals surface area contributed by atoms with Crippen molar-refractivity contribution < 1.29 is 0 Å². The van der Waals surface area contributed by atoms with Gasteiger partial charge in [-0.2, -0.15) is 0 Å². The van der Waals surface area contributed by atoms with Crippen molar-refractivity contribution in [1.82, 2.24) is 0 Å². The molecule has 0 bridgehead atoms. The molecule has 1 saturated carbocycles. The van der Waals surface area contributed by atoms with Gasteiger partial charge in [-0.1, -0.05) is 31.4 Å². The van der Waals surface area contributed by atoms with Gasteiger partial charge in [0.2, 0.25) is 0 Å². The molecule has 0 spiro atoms. The maximum atomic E-state index is 6.15. The third-order valence-corrected chi connectivity index (χ3v) is 3.77. The number of rotatable bonds is 2. The Balaban J connectivity index is 2.10. The normalized spacial score (nSPS) is 25.4. The van der Waals surface area contributed by atoms with E-state index in [1.54, 1.807) is 0 Å². The van der Waals surface area contributed by atoms with E-state index >= 15 is 0 Å². The summed E-state index contributed by atoms with van der Waals surface area (Å²) in [5, 5.41) is 4.28. The first-order chi connectivity index (χ1) is 7.66. The second-order valence-corrected chi connectivity index (χ2v) is 5.16. The highest BCUT2D eigenvalue weighted by Crippen LogP contribution is 2.30. The summed E-state index contributed by atoms with van der Waals surface area (Å²) >= 11 is 6.15. The number of nitrogens with one attached hydrogen (secondary N) is 1. The molecule has 0 aromatic heterocycles. The first-order valence-electron chi connectivity index (χ1n) is 5.98. The predicted octanol–water partition coefficient (Wildman–Crippen LogP) is 3.91. The maximum Gasteiger partial charge on any atom is 0.0639 e. The second-order valence-electron chi connectivity index (χ2n) is 4.75. The van der Waals surface area contributed by atoms with Gasteiger partial charge in [0.25, 0.3) is 0 Å². The van der Waals surface area contributed by atoms with Crippen LogP contribution in [0.3, 0.4) is 0 Å². The molecule has 16 heavy (non-hydrogen) atoms. The van der Waals surface area contributed by atoms with E-state index in [2.05, 4.69) is 12.2 Å². The summed E-state index contributed by atoms with van der Waals surface area (Å²) in [6.45, 7) is 2.30. The number of anilines is 2. The van der Waals surface area contributed by atoms with Crippen molar-refractivity contribution in [2.45, 2.75) is 38.6 Å². The van der Waals surface area contributed by atoms with E-state index in [-0.39, 0.29) is 0 Å². The molecule has 1 aromatic carbocycles. The topological polar surface area (TPSA) is 38.0 Å². The van der Waals surface area contributed by atoms with E-state index in [1.165, 1.54) is 25.7 Å². The summed E-state index contributed by atoms with van der Waals surface area (Å²) in [7, 11) is 0. The Hall–Kier alpha value is -0.890. The number of hydrogen-bond donors (Lipinski definition) is 2. The Kier molecular flexibility index (Phi) is 3.59. The Labute approximate surface area is 102 Å². The van der Waals surface area contributed by atoms with Gasteiger partial charge in [0.05, 0.1) is 10.7 Å². The third-order valence-electron chi connectivity index (χ3n) is 3.44. The van der Waals surface area contributed by atoms with Crippen molar-refractivity contribution in [3.8, 4) is 0 Å². The fourth-order valence-electron chi connectivity index (χ4n) is 2.38. The molecule has 3 N–H and O–H groups in total. The van der Waals surface area contributed by atoms with Gasteiger partial charge in [0, 0.05) is 11.7 Å². The van der Waals surface area contributed by atoms with Crippen LogP contribution in [0.25, 0.3) is 0 Å². The van der Waals surface area contributed by atoms with Crippen LogP contribution in [0.15, 0.2) is 18.2 Å². The van der Waals surface area contributed by atoms with Crippen molar-refractivity contribution in [3.63, 3.8) is 0 Å². The first-order valence-corrected chi connectivity index (χ1v) is 6.36. The molecule has 88 valence electrons. The summed E-state index contributed by atoms with van der Waals surface area (Å²) in [6.07, 6.45) is 5.19. The zero-order valence-electron chi connectivity index (χ0n) is 9.67. The fraction of sp³-hybridized carbons (Fsp3) is 0.538. The van der Waals surface area contributed by atoms with Crippen molar-refractivity contribution in [3.05, 3.63) is 23.2 Å². The lowest BCUT2D eigenvalue weighted by Crippen LogP contribution is -2.30. The Morgan fingerprint density at radius 3 is 2.81 bits per heavy atom. The van der Waals surface area contributed by atoms with Gasteiger partial charge < -0.3 is 11.1 Å². The summed E-state index contributed by atoms with van der Waals surface area (Å²) in [5.74, 6) is 0.714. The van der Waals surface area contributed by atoms with E-state index < -0.39 is 0 Å². The van der Waals surface area contributed by atoms with Crippen LogP contribution in [0.5, 0.6) is 0 Å². The molecule has 0 saturated heterocycles. The minimum atomic E-state index is 0.535. The van der Waals surface area contributed by atoms with Gasteiger partial charge in [0.1, 0.15) is 0 Å². The number of nitrogen functional groups attached to an aromatic ring is 1. The lowest BCUT2D eigenvalue weighted by atomic mass is 9.86. The van der Waals surface area contributed by atoms with E-state index in [0.717, 1.165) is 16.4 Å². The lowest BCUT2D eigenvalue weighted by Gasteiger charge is -2.30. The van der Waals surface area contributed by atoms with Crippen molar-refractivity contribution in [1.29, 1.82) is 0 Å². The third kappa shape index (κ3) is 2.62. The molecule has 2 nitrogen and oxygen atoms in total. The standard InChI is InChI=1S/C13H19ClN2/c1-9-4-2-3-5-12(9)16-13-8-10(15)6-7-11(13)14/h6-9,12,16H,2-5,15H2,1H3. The van der Waals surface area contributed by atoms with E-state index in [1.807, 2.05) is 18.2 Å². The molecule has 0 radical (unpaired) electrons. The predicted molar refractivity (Wildman–Crippen MR) is 70.9 cm³/mol. The van der Waals surface area contributed by atoms with Crippen LogP contribution in [0, 0.1) is 5.92 Å². The second kappa shape index (κ2) is 4.96. The molecule has 0 aliphatic heterocycles. The minimum Gasteiger partial charge on any atom is -0.399 e. The highest BCUT2D eigenvalue weighted by molar-refractivity contribution is 6.33. The Morgan fingerprint density at radius 2 is 2.06 bits per heavy atom. The lowest BCUT2D eigenvalue weighted by molar-refractivity contribution is 0.349. The average Bonchev–Trinajstić information content (AvgIpc) is 2.27. The zero-order valence-corrected chi connectivity index (χ0v) is 10.4. The van der Waals surface area contributed by atoms with E-state index in [0.29, 0.717) is 12.0 Å². The SMILES string of the molecule is CC1CCCCC1Nc1cc(N)ccc1Cl. The molecule has 0 amide bonds. The summed E-state index contributed by atoms with van der Waals surface area (Å²) in [6, 6.07) is 6.14. The fourth-order valence-corrected chi connectivity index (χ4v) is 2.56. The molecule has 1 aliphatic rings. The summed E-state index contributed by atoms with van der Waals surface area (Å²) in [5.41, 5.74) is 7.50. The van der Waals surface area contributed by atoms with E-state index in [9.17, 15) is 0 Å². The van der Waals surface area contributed by atoms with Crippen LogP contribution in [0.2, 0.25) is 5.02 Å². The Morgan fingerprint density at radius 1 is 1.31 bits per heavy atom. The molecule has 1 aromatic rings. The summed E-state index contributed by atoms with van der Waals surface area (Å²) in [4.78, 5) is 0. The molecular formula is C13H19ClN2. The quantitative estimate of drug-likeness (QED) is 0.767. The molecule has 1 aliphatic carbocycles. The maximum absolute atomic E-state index is 6.15. The van der Waals surface area contributed by atoms with Crippen LogP contribution in [-0.2, 0) is 0 Å². The smallest absolute Gasteiger partial charge is 0.0639 e. The zero-order chi connectivity index (χ0) is 11.5. The minimum absolute atomic E-state index is 0.535. The first kappa shape index (κ1) is 11.6. The van der Waals surface area contributed by atoms with Crippen molar-refractivity contribution in [2.24, 2.45) is 5.92 Å². The molecule has 0 heterocycles. The van der Waals surface area contributed by atoms with Gasteiger partial charge in [0.15, 0.2) is 0 Å². The average molecular weight is 239 g/mol. The molecule has 2 rings (SSSR count). The van der Waals surface area contributed by atoms with Crippen LogP contribution < -0.4 is 11.1 Å².